The van der Waals surface area contributed by atoms with Crippen molar-refractivity contribution in [3.8, 4) is 5.69 Å². The number of aryl methyl sites for hydroxylation is 1. The van der Waals surface area contributed by atoms with Crippen LogP contribution in [0.25, 0.3) is 5.69 Å². The van der Waals surface area contributed by atoms with E-state index in [2.05, 4.69) is 10.4 Å². The summed E-state index contributed by atoms with van der Waals surface area (Å²) in [5, 5.41) is 7.87. The quantitative estimate of drug-likeness (QED) is 0.418. The summed E-state index contributed by atoms with van der Waals surface area (Å²) < 4.78 is 7.14. The second-order valence-electron chi connectivity index (χ2n) is 7.60. The molecule has 4 aromatic rings. The number of furan rings is 1. The predicted molar refractivity (Wildman–Crippen MR) is 127 cm³/mol. The molecule has 0 bridgehead atoms. The van der Waals surface area contributed by atoms with Gasteiger partial charge in [0.1, 0.15) is 12.3 Å². The lowest BCUT2D eigenvalue weighted by Gasteiger charge is -2.21. The normalized spacial score (nSPS) is 10.8. The van der Waals surface area contributed by atoms with Gasteiger partial charge in [0, 0.05) is 11.3 Å². The van der Waals surface area contributed by atoms with Gasteiger partial charge in [-0.1, -0.05) is 29.8 Å². The molecule has 1 N–H and O–H groups in total. The number of benzene rings is 2. The maximum atomic E-state index is 13.3. The van der Waals surface area contributed by atoms with E-state index in [9.17, 15) is 9.59 Å². The molecular weight excluding hydrogens is 440 g/mol. The van der Waals surface area contributed by atoms with Crippen LogP contribution in [-0.2, 0) is 11.3 Å². The molecule has 0 saturated heterocycles. The molecule has 0 fully saturated rings. The van der Waals surface area contributed by atoms with Gasteiger partial charge in [0.15, 0.2) is 0 Å². The van der Waals surface area contributed by atoms with Crippen molar-refractivity contribution in [3.05, 3.63) is 101 Å². The van der Waals surface area contributed by atoms with Crippen LogP contribution in [-0.4, -0.2) is 33.0 Å². The molecule has 168 valence electrons. The standard InChI is InChI=1S/C25H23ClN4O3/c1-17-24(26)18(2)30(28-17)21-12-10-19(11-13-21)25(32)29(15-22-9-6-14-33-22)16-23(31)27-20-7-4-3-5-8-20/h3-14H,15-16H2,1-2H3,(H,27,31). The number of anilines is 1. The summed E-state index contributed by atoms with van der Waals surface area (Å²) >= 11 is 6.25. The zero-order valence-electron chi connectivity index (χ0n) is 18.3. The number of rotatable bonds is 7. The van der Waals surface area contributed by atoms with E-state index >= 15 is 0 Å². The van der Waals surface area contributed by atoms with Gasteiger partial charge in [-0.15, -0.1) is 0 Å². The highest BCUT2D eigenvalue weighted by Crippen LogP contribution is 2.23. The summed E-state index contributed by atoms with van der Waals surface area (Å²) in [4.78, 5) is 27.4. The summed E-state index contributed by atoms with van der Waals surface area (Å²) in [6.07, 6.45) is 1.54. The summed E-state index contributed by atoms with van der Waals surface area (Å²) in [6.45, 7) is 3.78. The molecule has 0 unspecified atom stereocenters. The largest absolute Gasteiger partial charge is 0.467 e. The van der Waals surface area contributed by atoms with Gasteiger partial charge in [0.2, 0.25) is 5.91 Å². The van der Waals surface area contributed by atoms with Crippen molar-refractivity contribution in [2.24, 2.45) is 0 Å². The van der Waals surface area contributed by atoms with Crippen molar-refractivity contribution in [1.29, 1.82) is 0 Å². The zero-order chi connectivity index (χ0) is 23.4. The SMILES string of the molecule is Cc1nn(-c2ccc(C(=O)N(CC(=O)Nc3ccccc3)Cc3ccco3)cc2)c(C)c1Cl. The maximum absolute atomic E-state index is 13.3. The van der Waals surface area contributed by atoms with E-state index in [1.54, 1.807) is 53.2 Å². The highest BCUT2D eigenvalue weighted by atomic mass is 35.5. The Morgan fingerprint density at radius 3 is 2.36 bits per heavy atom. The number of para-hydroxylation sites is 1. The third kappa shape index (κ3) is 5.15. The highest BCUT2D eigenvalue weighted by Gasteiger charge is 2.21. The fourth-order valence-electron chi connectivity index (χ4n) is 3.49. The number of carbonyl (C=O) groups excluding carboxylic acids is 2. The Bertz CT molecular complexity index is 1250. The molecule has 7 nitrogen and oxygen atoms in total. The molecule has 2 aromatic carbocycles. The summed E-state index contributed by atoms with van der Waals surface area (Å²) in [5.74, 6) is 0.00679. The summed E-state index contributed by atoms with van der Waals surface area (Å²) in [6, 6.07) is 19.7. The van der Waals surface area contributed by atoms with Gasteiger partial charge in [-0.3, -0.25) is 9.59 Å². The number of nitrogens with one attached hydrogen (secondary N) is 1. The molecule has 2 amide bonds. The fourth-order valence-corrected chi connectivity index (χ4v) is 3.61. The van der Waals surface area contributed by atoms with Crippen LogP contribution in [0, 0.1) is 13.8 Å². The van der Waals surface area contributed by atoms with Gasteiger partial charge in [-0.2, -0.15) is 5.10 Å². The number of carbonyl (C=O) groups is 2. The predicted octanol–water partition coefficient (Wildman–Crippen LogP) is 5.02. The van der Waals surface area contributed by atoms with Crippen molar-refractivity contribution in [3.63, 3.8) is 0 Å². The Morgan fingerprint density at radius 1 is 1.03 bits per heavy atom. The first-order valence-corrected chi connectivity index (χ1v) is 10.8. The second kappa shape index (κ2) is 9.75. The number of amides is 2. The van der Waals surface area contributed by atoms with Crippen LogP contribution in [0.15, 0.2) is 77.4 Å². The first-order valence-electron chi connectivity index (χ1n) is 10.4. The Balaban J connectivity index is 1.54. The minimum Gasteiger partial charge on any atom is -0.467 e. The molecule has 0 atom stereocenters. The van der Waals surface area contributed by atoms with Gasteiger partial charge in [0.25, 0.3) is 5.91 Å². The number of hydrogen-bond acceptors (Lipinski definition) is 4. The molecule has 0 aliphatic heterocycles. The summed E-state index contributed by atoms with van der Waals surface area (Å²) in [5.41, 5.74) is 3.47. The first kappa shape index (κ1) is 22.4. The number of hydrogen-bond donors (Lipinski definition) is 1. The smallest absolute Gasteiger partial charge is 0.254 e. The Kier molecular flexibility index (Phi) is 6.60. The average molecular weight is 463 g/mol. The number of aromatic nitrogens is 2. The van der Waals surface area contributed by atoms with E-state index < -0.39 is 0 Å². The molecule has 0 spiro atoms. The molecule has 0 aliphatic carbocycles. The third-order valence-corrected chi connectivity index (χ3v) is 5.71. The van der Waals surface area contributed by atoms with Crippen LogP contribution in [0.1, 0.15) is 27.5 Å². The number of halogens is 1. The lowest BCUT2D eigenvalue weighted by molar-refractivity contribution is -0.117. The molecule has 2 aromatic heterocycles. The van der Waals surface area contributed by atoms with Gasteiger partial charge in [-0.05, 0) is 62.4 Å². The second-order valence-corrected chi connectivity index (χ2v) is 7.98. The van der Waals surface area contributed by atoms with Crippen LogP contribution >= 0.6 is 11.6 Å². The van der Waals surface area contributed by atoms with Crippen molar-refractivity contribution < 1.29 is 14.0 Å². The summed E-state index contributed by atoms with van der Waals surface area (Å²) in [7, 11) is 0. The topological polar surface area (TPSA) is 80.4 Å². The zero-order valence-corrected chi connectivity index (χ0v) is 19.0. The van der Waals surface area contributed by atoms with Crippen LogP contribution in [0.5, 0.6) is 0 Å². The van der Waals surface area contributed by atoms with Gasteiger partial charge in [-0.25, -0.2) is 4.68 Å². The Morgan fingerprint density at radius 2 is 1.76 bits per heavy atom. The molecule has 4 rings (SSSR count). The van der Waals surface area contributed by atoms with E-state index in [1.165, 1.54) is 11.2 Å². The first-order chi connectivity index (χ1) is 15.9. The van der Waals surface area contributed by atoms with Crippen molar-refractivity contribution in [2.45, 2.75) is 20.4 Å². The van der Waals surface area contributed by atoms with E-state index in [0.717, 1.165) is 17.1 Å². The Labute approximate surface area is 196 Å². The van der Waals surface area contributed by atoms with Crippen molar-refractivity contribution in [1.82, 2.24) is 14.7 Å². The molecule has 0 aliphatic rings. The lowest BCUT2D eigenvalue weighted by atomic mass is 10.1. The Hall–Kier alpha value is -3.84. The minimum absolute atomic E-state index is 0.122. The minimum atomic E-state index is -0.296. The van der Waals surface area contributed by atoms with Crippen LogP contribution in [0.2, 0.25) is 5.02 Å². The highest BCUT2D eigenvalue weighted by molar-refractivity contribution is 6.31. The van der Waals surface area contributed by atoms with Crippen molar-refractivity contribution in [2.75, 3.05) is 11.9 Å². The third-order valence-electron chi connectivity index (χ3n) is 5.17. The van der Waals surface area contributed by atoms with Crippen LogP contribution in [0.4, 0.5) is 5.69 Å². The van der Waals surface area contributed by atoms with E-state index in [1.807, 2.05) is 32.0 Å². The average Bonchev–Trinajstić information content (AvgIpc) is 3.43. The molecule has 0 saturated carbocycles. The van der Waals surface area contributed by atoms with Gasteiger partial charge >= 0.3 is 0 Å². The molecule has 33 heavy (non-hydrogen) atoms. The molecule has 2 heterocycles. The van der Waals surface area contributed by atoms with Crippen LogP contribution in [0.3, 0.4) is 0 Å². The monoisotopic (exact) mass is 462 g/mol. The molecule has 8 heteroatoms. The van der Waals surface area contributed by atoms with Gasteiger partial charge < -0.3 is 14.6 Å². The number of nitrogens with zero attached hydrogens (tertiary/aromatic N) is 3. The van der Waals surface area contributed by atoms with Crippen molar-refractivity contribution >= 4 is 29.1 Å². The molecular formula is C25H23ClN4O3. The maximum Gasteiger partial charge on any atom is 0.254 e. The van der Waals surface area contributed by atoms with Crippen LogP contribution < -0.4 is 5.32 Å². The van der Waals surface area contributed by atoms with E-state index in [0.29, 0.717) is 22.0 Å². The van der Waals surface area contributed by atoms with E-state index in [-0.39, 0.29) is 24.9 Å². The fraction of sp³-hybridized carbons (Fsp3) is 0.160. The lowest BCUT2D eigenvalue weighted by Crippen LogP contribution is -2.37. The van der Waals surface area contributed by atoms with Gasteiger partial charge in [0.05, 0.1) is 34.9 Å². The van der Waals surface area contributed by atoms with E-state index in [4.69, 9.17) is 16.0 Å². The molecule has 0 radical (unpaired) electrons.